The summed E-state index contributed by atoms with van der Waals surface area (Å²) < 4.78 is 5.82. The molecule has 146 valence electrons. The molecule has 0 aliphatic carbocycles. The Morgan fingerprint density at radius 1 is 0.964 bits per heavy atom. The topological polar surface area (TPSA) is 74.5 Å². The molecule has 3 aromatic rings. The number of halogens is 3. The summed E-state index contributed by atoms with van der Waals surface area (Å²) in [6, 6.07) is 13.7. The van der Waals surface area contributed by atoms with E-state index >= 15 is 0 Å². The largest absolute Gasteiger partial charge is 0.478 e. The Bertz CT molecular complexity index is 989. The molecule has 0 amide bonds. The maximum Gasteiger partial charge on any atom is 0.337 e. The highest BCUT2D eigenvalue weighted by atomic mass is 35.5. The molecule has 3 N–H and O–H groups in total. The summed E-state index contributed by atoms with van der Waals surface area (Å²) in [4.78, 5) is 11.3. The molecule has 28 heavy (non-hydrogen) atoms. The van der Waals surface area contributed by atoms with Crippen LogP contribution in [0, 0.1) is 0 Å². The average molecular weight is 440 g/mol. The number of carboxylic acid groups (broad SMARTS) is 1. The van der Waals surface area contributed by atoms with Crippen molar-refractivity contribution in [2.24, 2.45) is 0 Å². The van der Waals surface area contributed by atoms with Crippen LogP contribution < -0.4 is 10.6 Å². The summed E-state index contributed by atoms with van der Waals surface area (Å²) in [5.74, 6) is 0.374. The SMILES string of the molecule is O=C(O)c1cc(Cl)ccc1NCCNCc1ccc(-c2cc(Cl)ccc2Cl)o1. The van der Waals surface area contributed by atoms with Gasteiger partial charge in [0.25, 0.3) is 0 Å². The minimum atomic E-state index is -1.03. The van der Waals surface area contributed by atoms with Crippen LogP contribution in [0.25, 0.3) is 11.3 Å². The Balaban J connectivity index is 1.51. The summed E-state index contributed by atoms with van der Waals surface area (Å²) in [7, 11) is 0. The second kappa shape index (κ2) is 9.34. The fraction of sp³-hybridized carbons (Fsp3) is 0.150. The van der Waals surface area contributed by atoms with Crippen LogP contribution in [0.3, 0.4) is 0 Å². The van der Waals surface area contributed by atoms with E-state index in [2.05, 4.69) is 10.6 Å². The third kappa shape index (κ3) is 5.20. The van der Waals surface area contributed by atoms with Gasteiger partial charge in [-0.15, -0.1) is 0 Å². The zero-order chi connectivity index (χ0) is 20.1. The molecular weight excluding hydrogens is 423 g/mol. The van der Waals surface area contributed by atoms with Crippen molar-refractivity contribution in [3.8, 4) is 11.3 Å². The van der Waals surface area contributed by atoms with Crippen LogP contribution in [0.5, 0.6) is 0 Å². The second-order valence-electron chi connectivity index (χ2n) is 5.99. The first-order valence-electron chi connectivity index (χ1n) is 8.45. The quantitative estimate of drug-likeness (QED) is 0.386. The number of furan rings is 1. The molecule has 0 radical (unpaired) electrons. The molecule has 5 nitrogen and oxygen atoms in total. The number of nitrogens with one attached hydrogen (secondary N) is 2. The van der Waals surface area contributed by atoms with Crippen molar-refractivity contribution in [3.63, 3.8) is 0 Å². The van der Waals surface area contributed by atoms with E-state index < -0.39 is 5.97 Å². The monoisotopic (exact) mass is 438 g/mol. The van der Waals surface area contributed by atoms with Crippen molar-refractivity contribution < 1.29 is 14.3 Å². The lowest BCUT2D eigenvalue weighted by Gasteiger charge is -2.10. The van der Waals surface area contributed by atoms with Crippen LogP contribution >= 0.6 is 34.8 Å². The van der Waals surface area contributed by atoms with Gasteiger partial charge in [0.15, 0.2) is 0 Å². The highest BCUT2D eigenvalue weighted by Gasteiger charge is 2.11. The van der Waals surface area contributed by atoms with E-state index in [0.717, 1.165) is 11.3 Å². The van der Waals surface area contributed by atoms with Gasteiger partial charge in [0.1, 0.15) is 11.5 Å². The van der Waals surface area contributed by atoms with Crippen LogP contribution in [-0.4, -0.2) is 24.2 Å². The van der Waals surface area contributed by atoms with E-state index in [9.17, 15) is 9.90 Å². The van der Waals surface area contributed by atoms with E-state index in [4.69, 9.17) is 39.2 Å². The number of carboxylic acids is 1. The van der Waals surface area contributed by atoms with Gasteiger partial charge >= 0.3 is 5.97 Å². The normalized spacial score (nSPS) is 10.8. The molecule has 1 heterocycles. The Hall–Kier alpha value is -2.18. The molecule has 0 spiro atoms. The van der Waals surface area contributed by atoms with Crippen molar-refractivity contribution in [1.29, 1.82) is 0 Å². The minimum absolute atomic E-state index is 0.140. The summed E-state index contributed by atoms with van der Waals surface area (Å²) in [5.41, 5.74) is 1.40. The first kappa shape index (κ1) is 20.6. The molecule has 0 saturated heterocycles. The smallest absolute Gasteiger partial charge is 0.337 e. The summed E-state index contributed by atoms with van der Waals surface area (Å²) in [6.45, 7) is 1.66. The summed E-state index contributed by atoms with van der Waals surface area (Å²) >= 11 is 18.1. The number of hydrogen-bond donors (Lipinski definition) is 3. The number of anilines is 1. The van der Waals surface area contributed by atoms with Crippen LogP contribution in [0.4, 0.5) is 5.69 Å². The van der Waals surface area contributed by atoms with Gasteiger partial charge in [-0.2, -0.15) is 0 Å². The van der Waals surface area contributed by atoms with Gasteiger partial charge in [0.05, 0.1) is 17.1 Å². The fourth-order valence-electron chi connectivity index (χ4n) is 2.65. The van der Waals surface area contributed by atoms with Crippen molar-refractivity contribution >= 4 is 46.5 Å². The van der Waals surface area contributed by atoms with Gasteiger partial charge < -0.3 is 20.2 Å². The van der Waals surface area contributed by atoms with E-state index in [0.29, 0.717) is 46.1 Å². The second-order valence-corrected chi connectivity index (χ2v) is 7.27. The molecule has 8 heteroatoms. The van der Waals surface area contributed by atoms with Gasteiger partial charge in [-0.25, -0.2) is 4.79 Å². The highest BCUT2D eigenvalue weighted by Crippen LogP contribution is 2.31. The predicted octanol–water partition coefficient (Wildman–Crippen LogP) is 5.81. The Kier molecular flexibility index (Phi) is 6.86. The Morgan fingerprint density at radius 3 is 2.50 bits per heavy atom. The lowest BCUT2D eigenvalue weighted by atomic mass is 10.2. The van der Waals surface area contributed by atoms with Crippen molar-refractivity contribution in [2.75, 3.05) is 18.4 Å². The van der Waals surface area contributed by atoms with Crippen molar-refractivity contribution in [1.82, 2.24) is 5.32 Å². The third-order valence-electron chi connectivity index (χ3n) is 3.98. The lowest BCUT2D eigenvalue weighted by molar-refractivity contribution is 0.0698. The van der Waals surface area contributed by atoms with Crippen LogP contribution in [0.1, 0.15) is 16.1 Å². The minimum Gasteiger partial charge on any atom is -0.478 e. The van der Waals surface area contributed by atoms with Crippen LogP contribution in [0.15, 0.2) is 52.9 Å². The number of hydrogen-bond acceptors (Lipinski definition) is 4. The van der Waals surface area contributed by atoms with Crippen molar-refractivity contribution in [3.05, 3.63) is 74.9 Å². The van der Waals surface area contributed by atoms with E-state index in [1.165, 1.54) is 6.07 Å². The van der Waals surface area contributed by atoms with Crippen LogP contribution in [0.2, 0.25) is 15.1 Å². The van der Waals surface area contributed by atoms with Gasteiger partial charge in [0, 0.05) is 34.4 Å². The van der Waals surface area contributed by atoms with Gasteiger partial charge in [-0.3, -0.25) is 0 Å². The maximum absolute atomic E-state index is 11.3. The zero-order valence-corrected chi connectivity index (χ0v) is 16.9. The molecular formula is C20H17Cl3N2O3. The van der Waals surface area contributed by atoms with Crippen molar-refractivity contribution in [2.45, 2.75) is 6.54 Å². The van der Waals surface area contributed by atoms with E-state index in [1.54, 1.807) is 30.3 Å². The van der Waals surface area contributed by atoms with E-state index in [1.807, 2.05) is 12.1 Å². The molecule has 1 aromatic heterocycles. The molecule has 0 fully saturated rings. The molecule has 0 atom stereocenters. The fourth-order valence-corrected chi connectivity index (χ4v) is 3.20. The molecule has 2 aromatic carbocycles. The molecule has 0 bridgehead atoms. The molecule has 0 aliphatic rings. The van der Waals surface area contributed by atoms with Gasteiger partial charge in [0.2, 0.25) is 0 Å². The number of aromatic carboxylic acids is 1. The molecule has 3 rings (SSSR count). The average Bonchev–Trinajstić information content (AvgIpc) is 3.13. The van der Waals surface area contributed by atoms with Gasteiger partial charge in [-0.05, 0) is 48.5 Å². The number of rotatable bonds is 8. The molecule has 0 saturated carbocycles. The summed E-state index contributed by atoms with van der Waals surface area (Å²) in [5, 5.41) is 17.1. The van der Waals surface area contributed by atoms with Gasteiger partial charge in [-0.1, -0.05) is 34.8 Å². The zero-order valence-electron chi connectivity index (χ0n) is 14.6. The summed E-state index contributed by atoms with van der Waals surface area (Å²) in [6.07, 6.45) is 0. The number of carbonyl (C=O) groups is 1. The maximum atomic E-state index is 11.3. The van der Waals surface area contributed by atoms with E-state index in [-0.39, 0.29) is 5.56 Å². The predicted molar refractivity (Wildman–Crippen MR) is 113 cm³/mol. The standard InChI is InChI=1S/C20H17Cl3N2O3/c21-12-1-4-17(23)15(9-12)19-6-3-14(28-19)11-24-7-8-25-18-5-2-13(22)10-16(18)20(26)27/h1-6,9-10,24-25H,7-8,11H2,(H,26,27). The highest BCUT2D eigenvalue weighted by molar-refractivity contribution is 6.35. The first-order chi connectivity index (χ1) is 13.4. The number of benzene rings is 2. The molecule has 0 aliphatic heterocycles. The lowest BCUT2D eigenvalue weighted by Crippen LogP contribution is -2.22. The Morgan fingerprint density at radius 2 is 1.71 bits per heavy atom. The first-order valence-corrected chi connectivity index (χ1v) is 9.59. The van der Waals surface area contributed by atoms with Crippen LogP contribution in [-0.2, 0) is 6.54 Å². The third-order valence-corrected chi connectivity index (χ3v) is 4.78. The Labute approximate surface area is 177 Å². The molecule has 0 unspecified atom stereocenters.